The first-order valence-corrected chi connectivity index (χ1v) is 9.10. The highest BCUT2D eigenvalue weighted by molar-refractivity contribution is 6.30. The highest BCUT2D eigenvalue weighted by Gasteiger charge is 2.20. The molecule has 0 aliphatic heterocycles. The Kier molecular flexibility index (Phi) is 4.23. The van der Waals surface area contributed by atoms with E-state index in [2.05, 4.69) is 10.1 Å². The van der Waals surface area contributed by atoms with Gasteiger partial charge in [0.1, 0.15) is 0 Å². The van der Waals surface area contributed by atoms with Crippen LogP contribution in [0.4, 0.5) is 0 Å². The number of imidazole rings is 1. The first kappa shape index (κ1) is 18.2. The van der Waals surface area contributed by atoms with Crippen LogP contribution in [-0.4, -0.2) is 28.5 Å². The lowest BCUT2D eigenvalue weighted by molar-refractivity contribution is 0.655. The average Bonchev–Trinajstić information content (AvgIpc) is 3.17. The van der Waals surface area contributed by atoms with Crippen molar-refractivity contribution in [3.8, 4) is 5.95 Å². The Balaban J connectivity index is 1.96. The summed E-state index contributed by atoms with van der Waals surface area (Å²) in [5.41, 5.74) is 2.40. The molecule has 0 bridgehead atoms. The molecule has 3 aromatic heterocycles. The first-order chi connectivity index (χ1) is 13.3. The number of hydrogen-bond donors (Lipinski definition) is 0. The monoisotopic (exact) mass is 398 g/mol. The highest BCUT2D eigenvalue weighted by atomic mass is 35.5. The lowest BCUT2D eigenvalue weighted by Crippen LogP contribution is -2.39. The summed E-state index contributed by atoms with van der Waals surface area (Å²) in [4.78, 5) is 30.5. The molecule has 1 aromatic carbocycles. The summed E-state index contributed by atoms with van der Waals surface area (Å²) in [6, 6.07) is 8.98. The van der Waals surface area contributed by atoms with Crippen molar-refractivity contribution >= 4 is 22.8 Å². The fraction of sp³-hybridized carbons (Fsp3) is 0.263. The van der Waals surface area contributed by atoms with Crippen molar-refractivity contribution < 1.29 is 0 Å². The molecule has 0 aliphatic carbocycles. The van der Waals surface area contributed by atoms with Gasteiger partial charge in [0.05, 0.1) is 12.2 Å². The molecular weight excluding hydrogens is 380 g/mol. The number of aromatic nitrogens is 6. The minimum absolute atomic E-state index is 0.152. The summed E-state index contributed by atoms with van der Waals surface area (Å²) in [6.45, 7) is 3.96. The van der Waals surface area contributed by atoms with Crippen molar-refractivity contribution in [2.45, 2.75) is 20.4 Å². The van der Waals surface area contributed by atoms with Crippen molar-refractivity contribution in [1.29, 1.82) is 0 Å². The standard InChI is InChI=1S/C19H19ClN6O2/c1-11-9-12(2)26(22-11)18-21-16-15(23(18)3)17(27)25(19(28)24(16)4)10-13-5-7-14(20)8-6-13/h5-9H,10H2,1-4H3. The largest absolute Gasteiger partial charge is 0.332 e. The van der Waals surface area contributed by atoms with Gasteiger partial charge in [-0.1, -0.05) is 23.7 Å². The second-order valence-electron chi connectivity index (χ2n) is 6.84. The molecule has 0 saturated heterocycles. The summed E-state index contributed by atoms with van der Waals surface area (Å²) in [5.74, 6) is 0.483. The number of rotatable bonds is 3. The van der Waals surface area contributed by atoms with Gasteiger partial charge in [0.15, 0.2) is 11.2 Å². The first-order valence-electron chi connectivity index (χ1n) is 8.72. The molecule has 28 heavy (non-hydrogen) atoms. The summed E-state index contributed by atoms with van der Waals surface area (Å²) in [5, 5.41) is 5.04. The van der Waals surface area contributed by atoms with E-state index in [1.54, 1.807) is 47.6 Å². The molecule has 0 spiro atoms. The van der Waals surface area contributed by atoms with Crippen molar-refractivity contribution in [1.82, 2.24) is 28.5 Å². The van der Waals surface area contributed by atoms with Crippen LogP contribution < -0.4 is 11.2 Å². The Hall–Kier alpha value is -3.13. The molecule has 9 heteroatoms. The fourth-order valence-electron chi connectivity index (χ4n) is 3.36. The van der Waals surface area contributed by atoms with Gasteiger partial charge < -0.3 is 4.57 Å². The van der Waals surface area contributed by atoms with Gasteiger partial charge in [0.25, 0.3) is 5.56 Å². The van der Waals surface area contributed by atoms with E-state index in [-0.39, 0.29) is 6.54 Å². The molecule has 4 rings (SSSR count). The van der Waals surface area contributed by atoms with Gasteiger partial charge >= 0.3 is 5.69 Å². The van der Waals surface area contributed by atoms with Gasteiger partial charge in [-0.05, 0) is 37.6 Å². The predicted octanol–water partition coefficient (Wildman–Crippen LogP) is 1.94. The Morgan fingerprint density at radius 1 is 1.04 bits per heavy atom. The summed E-state index contributed by atoms with van der Waals surface area (Å²) in [7, 11) is 3.36. The van der Waals surface area contributed by atoms with Crippen molar-refractivity contribution in [3.63, 3.8) is 0 Å². The van der Waals surface area contributed by atoms with E-state index >= 15 is 0 Å². The zero-order valence-corrected chi connectivity index (χ0v) is 16.7. The maximum atomic E-state index is 13.2. The van der Waals surface area contributed by atoms with Gasteiger partial charge in [0.2, 0.25) is 5.95 Å². The maximum Gasteiger partial charge on any atom is 0.332 e. The van der Waals surface area contributed by atoms with Crippen LogP contribution in [0.25, 0.3) is 17.1 Å². The number of aryl methyl sites for hydroxylation is 4. The molecule has 3 heterocycles. The molecule has 0 aliphatic rings. The third-order valence-electron chi connectivity index (χ3n) is 4.79. The Morgan fingerprint density at radius 2 is 1.71 bits per heavy atom. The number of hydrogen-bond acceptors (Lipinski definition) is 4. The SMILES string of the molecule is Cc1cc(C)n(-c2nc3c(c(=O)n(Cc4ccc(Cl)cc4)c(=O)n3C)n2C)n1. The Bertz CT molecular complexity index is 1320. The normalized spacial score (nSPS) is 11.5. The van der Waals surface area contributed by atoms with Crippen LogP contribution in [0, 0.1) is 13.8 Å². The lowest BCUT2D eigenvalue weighted by atomic mass is 10.2. The molecule has 4 aromatic rings. The van der Waals surface area contributed by atoms with Crippen molar-refractivity contribution in [2.24, 2.45) is 14.1 Å². The zero-order valence-electron chi connectivity index (χ0n) is 16.0. The average molecular weight is 399 g/mol. The predicted molar refractivity (Wildman–Crippen MR) is 107 cm³/mol. The summed E-state index contributed by atoms with van der Waals surface area (Å²) < 4.78 is 5.94. The second-order valence-corrected chi connectivity index (χ2v) is 7.28. The van der Waals surface area contributed by atoms with Gasteiger partial charge in [-0.2, -0.15) is 10.1 Å². The number of benzene rings is 1. The molecular formula is C19H19ClN6O2. The van der Waals surface area contributed by atoms with Crippen LogP contribution in [0.3, 0.4) is 0 Å². The van der Waals surface area contributed by atoms with E-state index in [1.165, 1.54) is 9.13 Å². The second kappa shape index (κ2) is 6.49. The van der Waals surface area contributed by atoms with Gasteiger partial charge in [-0.25, -0.2) is 9.48 Å². The van der Waals surface area contributed by atoms with E-state index in [1.807, 2.05) is 19.9 Å². The van der Waals surface area contributed by atoms with E-state index < -0.39 is 11.2 Å². The minimum atomic E-state index is -0.425. The molecule has 144 valence electrons. The van der Waals surface area contributed by atoms with Crippen LogP contribution >= 0.6 is 11.6 Å². The summed E-state index contributed by atoms with van der Waals surface area (Å²) in [6.07, 6.45) is 0. The fourth-order valence-corrected chi connectivity index (χ4v) is 3.49. The molecule has 0 unspecified atom stereocenters. The number of nitrogens with zero attached hydrogens (tertiary/aromatic N) is 6. The molecule has 0 saturated carbocycles. The highest BCUT2D eigenvalue weighted by Crippen LogP contribution is 2.16. The quantitative estimate of drug-likeness (QED) is 0.528. The third-order valence-corrected chi connectivity index (χ3v) is 5.04. The van der Waals surface area contributed by atoms with Gasteiger partial charge in [-0.15, -0.1) is 0 Å². The van der Waals surface area contributed by atoms with E-state index in [4.69, 9.17) is 11.6 Å². The molecule has 0 atom stereocenters. The van der Waals surface area contributed by atoms with Crippen LogP contribution in [0.1, 0.15) is 17.0 Å². The van der Waals surface area contributed by atoms with Crippen LogP contribution in [0.15, 0.2) is 39.9 Å². The van der Waals surface area contributed by atoms with Crippen LogP contribution in [0.2, 0.25) is 5.02 Å². The molecule has 8 nitrogen and oxygen atoms in total. The van der Waals surface area contributed by atoms with Gasteiger partial charge in [-0.3, -0.25) is 13.9 Å². The third kappa shape index (κ3) is 2.77. The number of fused-ring (bicyclic) bond motifs is 1. The molecule has 0 amide bonds. The van der Waals surface area contributed by atoms with Crippen LogP contribution in [0.5, 0.6) is 0 Å². The smallest absolute Gasteiger partial charge is 0.306 e. The molecule has 0 radical (unpaired) electrons. The summed E-state index contributed by atoms with van der Waals surface area (Å²) >= 11 is 5.92. The minimum Gasteiger partial charge on any atom is -0.306 e. The van der Waals surface area contributed by atoms with Crippen LogP contribution in [-0.2, 0) is 20.6 Å². The molecule has 0 N–H and O–H groups in total. The lowest BCUT2D eigenvalue weighted by Gasteiger charge is -2.09. The molecule has 0 fully saturated rings. The van der Waals surface area contributed by atoms with Crippen molar-refractivity contribution in [3.05, 3.63) is 73.1 Å². The topological polar surface area (TPSA) is 79.6 Å². The Labute approximate surface area is 165 Å². The van der Waals surface area contributed by atoms with Crippen molar-refractivity contribution in [2.75, 3.05) is 0 Å². The van der Waals surface area contributed by atoms with E-state index in [9.17, 15) is 9.59 Å². The zero-order chi connectivity index (χ0) is 20.2. The van der Waals surface area contributed by atoms with Gasteiger partial charge in [0, 0.05) is 24.8 Å². The maximum absolute atomic E-state index is 13.2. The van der Waals surface area contributed by atoms with E-state index in [0.717, 1.165) is 17.0 Å². The van der Waals surface area contributed by atoms with E-state index in [0.29, 0.717) is 22.1 Å². The Morgan fingerprint density at radius 3 is 2.32 bits per heavy atom. The number of halogens is 1.